The molecule has 0 unspecified atom stereocenters. The van der Waals surface area contributed by atoms with Crippen molar-refractivity contribution < 1.29 is 5.11 Å². The molecule has 4 heteroatoms. The van der Waals surface area contributed by atoms with E-state index in [-0.39, 0.29) is 0 Å². The smallest absolute Gasteiger partial charge is 0.0897 e. The van der Waals surface area contributed by atoms with E-state index in [0.29, 0.717) is 6.04 Å². The molecule has 1 aliphatic heterocycles. The molecule has 100 valence electrons. The van der Waals surface area contributed by atoms with E-state index in [0.717, 1.165) is 31.7 Å². The Bertz CT molecular complexity index is 403. The highest BCUT2D eigenvalue weighted by Crippen LogP contribution is 2.29. The van der Waals surface area contributed by atoms with E-state index in [1.54, 1.807) is 0 Å². The summed E-state index contributed by atoms with van der Waals surface area (Å²) in [6.45, 7) is 4.51. The first-order valence-corrected chi connectivity index (χ1v) is 7.17. The summed E-state index contributed by atoms with van der Waals surface area (Å²) in [7, 11) is 0. The molecule has 0 spiro atoms. The van der Waals surface area contributed by atoms with Crippen LogP contribution in [0.15, 0.2) is 12.3 Å². The van der Waals surface area contributed by atoms with Crippen LogP contribution in [0.3, 0.4) is 0 Å². The Balaban J connectivity index is 1.55. The van der Waals surface area contributed by atoms with Gasteiger partial charge >= 0.3 is 0 Å². The fraction of sp³-hybridized carbons (Fsp3) is 0.786. The zero-order valence-electron chi connectivity index (χ0n) is 11.2. The monoisotopic (exact) mass is 249 g/mol. The van der Waals surface area contributed by atoms with Gasteiger partial charge in [0.15, 0.2) is 0 Å². The van der Waals surface area contributed by atoms with Crippen molar-refractivity contribution in [3.8, 4) is 0 Å². The molecule has 1 aromatic heterocycles. The maximum Gasteiger partial charge on any atom is 0.0897 e. The average molecular weight is 249 g/mol. The highest BCUT2D eigenvalue weighted by atomic mass is 16.3. The standard InChI is InChI=1S/C14H23N3O/c1-2-14(18)10-16(11-14)9-12-7-8-17(15-12)13-5-3-4-6-13/h7-8,13,18H,2-6,9-11H2,1H3. The second-order valence-corrected chi connectivity index (χ2v) is 5.95. The van der Waals surface area contributed by atoms with Crippen molar-refractivity contribution in [1.82, 2.24) is 14.7 Å². The van der Waals surface area contributed by atoms with Gasteiger partial charge in [-0.25, -0.2) is 0 Å². The van der Waals surface area contributed by atoms with Crippen LogP contribution in [0.1, 0.15) is 50.8 Å². The van der Waals surface area contributed by atoms with Crippen LogP contribution >= 0.6 is 0 Å². The van der Waals surface area contributed by atoms with Crippen molar-refractivity contribution in [3.63, 3.8) is 0 Å². The van der Waals surface area contributed by atoms with Crippen LogP contribution in [0.25, 0.3) is 0 Å². The van der Waals surface area contributed by atoms with Crippen molar-refractivity contribution in [1.29, 1.82) is 0 Å². The summed E-state index contributed by atoms with van der Waals surface area (Å²) in [5.74, 6) is 0. The van der Waals surface area contributed by atoms with E-state index in [1.807, 2.05) is 6.92 Å². The zero-order chi connectivity index (χ0) is 12.6. The lowest BCUT2D eigenvalue weighted by atomic mass is 9.91. The second-order valence-electron chi connectivity index (χ2n) is 5.95. The first kappa shape index (κ1) is 12.2. The van der Waals surface area contributed by atoms with Gasteiger partial charge in [-0.15, -0.1) is 0 Å². The Labute approximate surface area is 109 Å². The normalized spacial score (nSPS) is 24.3. The highest BCUT2D eigenvalue weighted by molar-refractivity contribution is 5.04. The molecule has 3 rings (SSSR count). The number of β-amino-alcohol motifs (C(OH)–C–C–N with tert-alkyl or cyclic N) is 1. The van der Waals surface area contributed by atoms with Crippen LogP contribution in [0.5, 0.6) is 0 Å². The molecule has 1 saturated heterocycles. The number of likely N-dealkylation sites (tertiary alicyclic amines) is 1. The van der Waals surface area contributed by atoms with Crippen molar-refractivity contribution in [3.05, 3.63) is 18.0 Å². The maximum absolute atomic E-state index is 9.98. The lowest BCUT2D eigenvalue weighted by Gasteiger charge is -2.45. The summed E-state index contributed by atoms with van der Waals surface area (Å²) in [4.78, 5) is 2.27. The molecule has 0 atom stereocenters. The van der Waals surface area contributed by atoms with Gasteiger partial charge in [0.25, 0.3) is 0 Å². The molecule has 0 bridgehead atoms. The summed E-state index contributed by atoms with van der Waals surface area (Å²) in [5.41, 5.74) is 0.702. The number of rotatable bonds is 4. The first-order chi connectivity index (χ1) is 8.68. The molecule has 2 fully saturated rings. The lowest BCUT2D eigenvalue weighted by Crippen LogP contribution is -2.60. The van der Waals surface area contributed by atoms with Gasteiger partial charge in [0.05, 0.1) is 17.3 Å². The summed E-state index contributed by atoms with van der Waals surface area (Å²) in [5, 5.41) is 14.7. The minimum absolute atomic E-state index is 0.436. The van der Waals surface area contributed by atoms with Crippen LogP contribution in [-0.2, 0) is 6.54 Å². The third-order valence-corrected chi connectivity index (χ3v) is 4.44. The molecule has 1 aromatic rings. The first-order valence-electron chi connectivity index (χ1n) is 7.17. The Morgan fingerprint density at radius 3 is 2.78 bits per heavy atom. The quantitative estimate of drug-likeness (QED) is 0.887. The van der Waals surface area contributed by atoms with Gasteiger partial charge in [-0.1, -0.05) is 19.8 Å². The summed E-state index contributed by atoms with van der Waals surface area (Å²) in [6.07, 6.45) is 8.21. The third-order valence-electron chi connectivity index (χ3n) is 4.44. The third kappa shape index (κ3) is 2.31. The van der Waals surface area contributed by atoms with E-state index >= 15 is 0 Å². The molecule has 1 N–H and O–H groups in total. The van der Waals surface area contributed by atoms with Gasteiger partial charge in [0.2, 0.25) is 0 Å². The Hall–Kier alpha value is -0.870. The van der Waals surface area contributed by atoms with Crippen LogP contribution in [0.2, 0.25) is 0 Å². The number of aromatic nitrogens is 2. The van der Waals surface area contributed by atoms with E-state index in [4.69, 9.17) is 0 Å². The maximum atomic E-state index is 9.98. The molecule has 1 saturated carbocycles. The molecule has 0 amide bonds. The fourth-order valence-corrected chi connectivity index (χ4v) is 3.18. The molecule has 1 aliphatic carbocycles. The number of aliphatic hydroxyl groups is 1. The van der Waals surface area contributed by atoms with E-state index < -0.39 is 5.60 Å². The number of hydrogen-bond acceptors (Lipinski definition) is 3. The van der Waals surface area contributed by atoms with E-state index in [1.165, 1.54) is 25.7 Å². The minimum Gasteiger partial charge on any atom is -0.387 e. The van der Waals surface area contributed by atoms with Crippen LogP contribution in [0.4, 0.5) is 0 Å². The van der Waals surface area contributed by atoms with Crippen LogP contribution in [-0.4, -0.2) is 38.5 Å². The fourth-order valence-electron chi connectivity index (χ4n) is 3.18. The lowest BCUT2D eigenvalue weighted by molar-refractivity contribution is -0.103. The van der Waals surface area contributed by atoms with Gasteiger partial charge in [0.1, 0.15) is 0 Å². The molecule has 2 aliphatic rings. The molecular weight excluding hydrogens is 226 g/mol. The molecule has 4 nitrogen and oxygen atoms in total. The van der Waals surface area contributed by atoms with Gasteiger partial charge in [-0.3, -0.25) is 9.58 Å². The second kappa shape index (κ2) is 4.67. The Kier molecular flexibility index (Phi) is 3.16. The summed E-state index contributed by atoms with van der Waals surface area (Å²) < 4.78 is 2.15. The zero-order valence-corrected chi connectivity index (χ0v) is 11.2. The summed E-state index contributed by atoms with van der Waals surface area (Å²) in [6, 6.07) is 2.75. The average Bonchev–Trinajstić information content (AvgIpc) is 2.96. The van der Waals surface area contributed by atoms with Crippen molar-refractivity contribution in [2.45, 2.75) is 57.2 Å². The highest BCUT2D eigenvalue weighted by Gasteiger charge is 2.39. The molecular formula is C14H23N3O. The van der Waals surface area contributed by atoms with Crippen LogP contribution in [0, 0.1) is 0 Å². The Morgan fingerprint density at radius 1 is 1.39 bits per heavy atom. The molecule has 2 heterocycles. The summed E-state index contributed by atoms with van der Waals surface area (Å²) >= 11 is 0. The Morgan fingerprint density at radius 2 is 2.11 bits per heavy atom. The number of hydrogen-bond donors (Lipinski definition) is 1. The van der Waals surface area contributed by atoms with Gasteiger partial charge < -0.3 is 5.11 Å². The molecule has 0 aromatic carbocycles. The predicted molar refractivity (Wildman–Crippen MR) is 70.2 cm³/mol. The number of nitrogens with zero attached hydrogens (tertiary/aromatic N) is 3. The van der Waals surface area contributed by atoms with Crippen LogP contribution < -0.4 is 0 Å². The molecule has 0 radical (unpaired) electrons. The van der Waals surface area contributed by atoms with Gasteiger partial charge in [0, 0.05) is 25.8 Å². The van der Waals surface area contributed by atoms with E-state index in [2.05, 4.69) is 26.9 Å². The van der Waals surface area contributed by atoms with E-state index in [9.17, 15) is 5.11 Å². The van der Waals surface area contributed by atoms with Gasteiger partial charge in [-0.05, 0) is 25.3 Å². The largest absolute Gasteiger partial charge is 0.387 e. The molecule has 18 heavy (non-hydrogen) atoms. The van der Waals surface area contributed by atoms with Crippen molar-refractivity contribution in [2.24, 2.45) is 0 Å². The van der Waals surface area contributed by atoms with Gasteiger partial charge in [-0.2, -0.15) is 5.10 Å². The minimum atomic E-state index is -0.436. The predicted octanol–water partition coefficient (Wildman–Crippen LogP) is 1.95. The van der Waals surface area contributed by atoms with Crippen molar-refractivity contribution in [2.75, 3.05) is 13.1 Å². The SMILES string of the molecule is CCC1(O)CN(Cc2ccn(C3CCCC3)n2)C1. The topological polar surface area (TPSA) is 41.3 Å². The van der Waals surface area contributed by atoms with Crippen molar-refractivity contribution >= 4 is 0 Å².